The predicted octanol–water partition coefficient (Wildman–Crippen LogP) is 4.06. The fourth-order valence-corrected chi connectivity index (χ4v) is 1.93. The summed E-state index contributed by atoms with van der Waals surface area (Å²) in [4.78, 5) is 7.68. The standard InChI is InChI=1S/C13H9Cl2N3O/c1-7-3-9(5-16)4-8(2)11(7)19-12-10(14)6-17-13(15)18-12/h3-4,6H,1-2H3. The summed E-state index contributed by atoms with van der Waals surface area (Å²) in [6, 6.07) is 5.56. The molecule has 0 aliphatic carbocycles. The molecule has 0 N–H and O–H groups in total. The molecule has 19 heavy (non-hydrogen) atoms. The zero-order valence-corrected chi connectivity index (χ0v) is 11.7. The molecule has 0 radical (unpaired) electrons. The van der Waals surface area contributed by atoms with Gasteiger partial charge in [0.15, 0.2) is 0 Å². The number of aromatic nitrogens is 2. The number of benzene rings is 1. The lowest BCUT2D eigenvalue weighted by Gasteiger charge is -2.12. The Kier molecular flexibility index (Phi) is 3.89. The molecule has 0 saturated carbocycles. The first-order valence-electron chi connectivity index (χ1n) is 5.38. The molecule has 1 heterocycles. The van der Waals surface area contributed by atoms with Gasteiger partial charge in [0.05, 0.1) is 17.8 Å². The quantitative estimate of drug-likeness (QED) is 0.783. The average molecular weight is 294 g/mol. The highest BCUT2D eigenvalue weighted by Crippen LogP contribution is 2.32. The van der Waals surface area contributed by atoms with E-state index in [0.717, 1.165) is 11.1 Å². The largest absolute Gasteiger partial charge is 0.437 e. The maximum atomic E-state index is 8.90. The van der Waals surface area contributed by atoms with Crippen LogP contribution >= 0.6 is 23.2 Å². The summed E-state index contributed by atoms with van der Waals surface area (Å²) in [6.45, 7) is 3.69. The minimum atomic E-state index is 0.0587. The molecule has 96 valence electrons. The van der Waals surface area contributed by atoms with Gasteiger partial charge in [-0.05, 0) is 48.7 Å². The van der Waals surface area contributed by atoms with E-state index in [9.17, 15) is 0 Å². The molecule has 0 spiro atoms. The smallest absolute Gasteiger partial charge is 0.242 e. The lowest BCUT2D eigenvalue weighted by Crippen LogP contribution is -1.96. The Balaban J connectivity index is 2.44. The fourth-order valence-electron chi connectivity index (χ4n) is 1.68. The Morgan fingerprint density at radius 2 is 1.84 bits per heavy atom. The maximum absolute atomic E-state index is 8.90. The number of nitriles is 1. The van der Waals surface area contributed by atoms with Crippen LogP contribution in [0.4, 0.5) is 0 Å². The minimum Gasteiger partial charge on any atom is -0.437 e. The van der Waals surface area contributed by atoms with Gasteiger partial charge in [0.25, 0.3) is 0 Å². The van der Waals surface area contributed by atoms with Crippen LogP contribution in [0.1, 0.15) is 16.7 Å². The number of nitrogens with zero attached hydrogens (tertiary/aromatic N) is 3. The van der Waals surface area contributed by atoms with Crippen molar-refractivity contribution in [3.8, 4) is 17.7 Å². The minimum absolute atomic E-state index is 0.0587. The van der Waals surface area contributed by atoms with Crippen LogP contribution in [-0.4, -0.2) is 9.97 Å². The molecule has 0 amide bonds. The molecule has 0 atom stereocenters. The third-order valence-corrected chi connectivity index (χ3v) is 2.91. The van der Waals surface area contributed by atoms with Crippen LogP contribution in [0.25, 0.3) is 0 Å². The Hall–Kier alpha value is -1.83. The van der Waals surface area contributed by atoms with Crippen molar-refractivity contribution in [2.24, 2.45) is 0 Å². The van der Waals surface area contributed by atoms with Crippen LogP contribution in [-0.2, 0) is 0 Å². The van der Waals surface area contributed by atoms with Gasteiger partial charge < -0.3 is 4.74 Å². The number of halogens is 2. The van der Waals surface area contributed by atoms with Gasteiger partial charge in [0.1, 0.15) is 10.8 Å². The van der Waals surface area contributed by atoms with Crippen molar-refractivity contribution in [3.05, 3.63) is 45.3 Å². The summed E-state index contributed by atoms with van der Waals surface area (Å²) in [6.07, 6.45) is 1.38. The summed E-state index contributed by atoms with van der Waals surface area (Å²) in [5.74, 6) is 0.799. The molecule has 0 saturated heterocycles. The number of hydrogen-bond donors (Lipinski definition) is 0. The van der Waals surface area contributed by atoms with Crippen LogP contribution in [0.3, 0.4) is 0 Å². The summed E-state index contributed by atoms with van der Waals surface area (Å²) in [5, 5.41) is 9.23. The Morgan fingerprint density at radius 1 is 1.21 bits per heavy atom. The molecule has 0 aliphatic rings. The Morgan fingerprint density at radius 3 is 2.42 bits per heavy atom. The highest BCUT2D eigenvalue weighted by Gasteiger charge is 2.12. The first kappa shape index (κ1) is 13.6. The van der Waals surface area contributed by atoms with E-state index in [-0.39, 0.29) is 16.2 Å². The van der Waals surface area contributed by atoms with E-state index in [4.69, 9.17) is 33.2 Å². The van der Waals surface area contributed by atoms with E-state index in [0.29, 0.717) is 11.3 Å². The van der Waals surface area contributed by atoms with Gasteiger partial charge in [0.2, 0.25) is 11.2 Å². The van der Waals surface area contributed by atoms with Crippen molar-refractivity contribution < 1.29 is 4.74 Å². The molecule has 0 unspecified atom stereocenters. The Labute approximate surface area is 120 Å². The SMILES string of the molecule is Cc1cc(C#N)cc(C)c1Oc1nc(Cl)ncc1Cl. The van der Waals surface area contributed by atoms with E-state index < -0.39 is 0 Å². The monoisotopic (exact) mass is 293 g/mol. The second-order valence-electron chi connectivity index (χ2n) is 3.95. The third-order valence-electron chi connectivity index (χ3n) is 2.47. The van der Waals surface area contributed by atoms with Crippen molar-refractivity contribution in [1.29, 1.82) is 5.26 Å². The highest BCUT2D eigenvalue weighted by molar-refractivity contribution is 6.32. The Bertz CT molecular complexity index is 657. The van der Waals surface area contributed by atoms with Crippen molar-refractivity contribution >= 4 is 23.2 Å². The van der Waals surface area contributed by atoms with Gasteiger partial charge in [-0.25, -0.2) is 4.98 Å². The molecule has 2 rings (SSSR count). The van der Waals surface area contributed by atoms with E-state index in [1.807, 2.05) is 13.8 Å². The highest BCUT2D eigenvalue weighted by atomic mass is 35.5. The molecule has 2 aromatic rings. The molecule has 1 aromatic carbocycles. The number of ether oxygens (including phenoxy) is 1. The van der Waals surface area contributed by atoms with E-state index >= 15 is 0 Å². The van der Waals surface area contributed by atoms with Crippen LogP contribution in [0.2, 0.25) is 10.3 Å². The summed E-state index contributed by atoms with van der Waals surface area (Å²) >= 11 is 11.7. The van der Waals surface area contributed by atoms with Crippen LogP contribution in [0.15, 0.2) is 18.3 Å². The molecule has 6 heteroatoms. The first-order chi connectivity index (χ1) is 9.01. The molecule has 0 bridgehead atoms. The first-order valence-corrected chi connectivity index (χ1v) is 6.14. The molecular weight excluding hydrogens is 285 g/mol. The zero-order valence-electron chi connectivity index (χ0n) is 10.2. The van der Waals surface area contributed by atoms with Gasteiger partial charge in [-0.1, -0.05) is 11.6 Å². The van der Waals surface area contributed by atoms with Gasteiger partial charge in [0, 0.05) is 0 Å². The van der Waals surface area contributed by atoms with Crippen molar-refractivity contribution in [1.82, 2.24) is 9.97 Å². The second-order valence-corrected chi connectivity index (χ2v) is 4.69. The topological polar surface area (TPSA) is 58.8 Å². The number of rotatable bonds is 2. The molecule has 1 aromatic heterocycles. The summed E-state index contributed by atoms with van der Waals surface area (Å²) in [7, 11) is 0. The maximum Gasteiger partial charge on any atom is 0.242 e. The summed E-state index contributed by atoms with van der Waals surface area (Å²) < 4.78 is 5.67. The predicted molar refractivity (Wildman–Crippen MR) is 72.8 cm³/mol. The third kappa shape index (κ3) is 2.95. The zero-order chi connectivity index (χ0) is 14.0. The van der Waals surface area contributed by atoms with E-state index in [1.165, 1.54) is 6.20 Å². The van der Waals surface area contributed by atoms with E-state index in [2.05, 4.69) is 16.0 Å². The lowest BCUT2D eigenvalue weighted by molar-refractivity contribution is 0.455. The molecule has 4 nitrogen and oxygen atoms in total. The van der Waals surface area contributed by atoms with Crippen LogP contribution in [0, 0.1) is 25.2 Å². The average Bonchev–Trinajstić information content (AvgIpc) is 2.37. The van der Waals surface area contributed by atoms with Crippen molar-refractivity contribution in [2.45, 2.75) is 13.8 Å². The second kappa shape index (κ2) is 5.43. The van der Waals surface area contributed by atoms with Gasteiger partial charge in [-0.15, -0.1) is 0 Å². The normalized spacial score (nSPS) is 10.1. The van der Waals surface area contributed by atoms with Gasteiger partial charge in [-0.3, -0.25) is 0 Å². The molecule has 0 fully saturated rings. The summed E-state index contributed by atoms with van der Waals surface area (Å²) in [5.41, 5.74) is 2.22. The van der Waals surface area contributed by atoms with Gasteiger partial charge >= 0.3 is 0 Å². The van der Waals surface area contributed by atoms with Gasteiger partial charge in [-0.2, -0.15) is 10.2 Å². The van der Waals surface area contributed by atoms with Crippen molar-refractivity contribution in [2.75, 3.05) is 0 Å². The van der Waals surface area contributed by atoms with Crippen molar-refractivity contribution in [3.63, 3.8) is 0 Å². The van der Waals surface area contributed by atoms with E-state index in [1.54, 1.807) is 12.1 Å². The fraction of sp³-hybridized carbons (Fsp3) is 0.154. The molecule has 0 aliphatic heterocycles. The van der Waals surface area contributed by atoms with Crippen LogP contribution in [0.5, 0.6) is 11.6 Å². The van der Waals surface area contributed by atoms with Crippen LogP contribution < -0.4 is 4.74 Å². The number of aryl methyl sites for hydroxylation is 2. The molecular formula is C13H9Cl2N3O. The number of hydrogen-bond acceptors (Lipinski definition) is 4. The lowest BCUT2D eigenvalue weighted by atomic mass is 10.1.